The SMILES string of the molecule is CC(CCc1ccco1)NC(=O)[C@@H]1CNC[C@H]1C. The first-order valence-electron chi connectivity index (χ1n) is 6.70. The fourth-order valence-electron chi connectivity index (χ4n) is 2.40. The highest BCUT2D eigenvalue weighted by Crippen LogP contribution is 2.16. The van der Waals surface area contributed by atoms with Crippen LogP contribution in [0, 0.1) is 11.8 Å². The van der Waals surface area contributed by atoms with Crippen molar-refractivity contribution >= 4 is 5.91 Å². The lowest BCUT2D eigenvalue weighted by atomic mass is 9.97. The molecule has 1 amide bonds. The maximum Gasteiger partial charge on any atom is 0.224 e. The molecule has 100 valence electrons. The van der Waals surface area contributed by atoms with E-state index >= 15 is 0 Å². The topological polar surface area (TPSA) is 54.3 Å². The summed E-state index contributed by atoms with van der Waals surface area (Å²) in [6, 6.07) is 4.05. The van der Waals surface area contributed by atoms with Crippen molar-refractivity contribution in [3.63, 3.8) is 0 Å². The quantitative estimate of drug-likeness (QED) is 0.834. The van der Waals surface area contributed by atoms with Gasteiger partial charge in [-0.1, -0.05) is 6.92 Å². The Bertz CT molecular complexity index is 375. The smallest absolute Gasteiger partial charge is 0.224 e. The molecule has 0 aliphatic carbocycles. The van der Waals surface area contributed by atoms with Gasteiger partial charge in [0, 0.05) is 19.0 Å². The highest BCUT2D eigenvalue weighted by molar-refractivity contribution is 5.79. The van der Waals surface area contributed by atoms with E-state index in [0.717, 1.165) is 31.7 Å². The molecule has 0 radical (unpaired) electrons. The third kappa shape index (κ3) is 3.35. The minimum atomic E-state index is 0.121. The number of furan rings is 1. The second-order valence-corrected chi connectivity index (χ2v) is 5.27. The molecule has 1 aromatic heterocycles. The summed E-state index contributed by atoms with van der Waals surface area (Å²) in [6.45, 7) is 5.92. The molecular formula is C14H22N2O2. The number of aryl methyl sites for hydroxylation is 1. The lowest BCUT2D eigenvalue weighted by Gasteiger charge is -2.18. The van der Waals surface area contributed by atoms with Crippen LogP contribution in [0.4, 0.5) is 0 Å². The van der Waals surface area contributed by atoms with E-state index in [1.54, 1.807) is 6.26 Å². The first-order valence-corrected chi connectivity index (χ1v) is 6.70. The highest BCUT2D eigenvalue weighted by Gasteiger charge is 2.29. The van der Waals surface area contributed by atoms with Crippen LogP contribution in [0.3, 0.4) is 0 Å². The second-order valence-electron chi connectivity index (χ2n) is 5.27. The molecule has 0 aromatic carbocycles. The van der Waals surface area contributed by atoms with Crippen LogP contribution < -0.4 is 10.6 Å². The Labute approximate surface area is 108 Å². The van der Waals surface area contributed by atoms with Gasteiger partial charge in [-0.25, -0.2) is 0 Å². The molecule has 3 atom stereocenters. The Kier molecular flexibility index (Phi) is 4.42. The lowest BCUT2D eigenvalue weighted by molar-refractivity contribution is -0.126. The van der Waals surface area contributed by atoms with Crippen molar-refractivity contribution in [1.82, 2.24) is 10.6 Å². The van der Waals surface area contributed by atoms with E-state index in [0.29, 0.717) is 5.92 Å². The van der Waals surface area contributed by atoms with Gasteiger partial charge in [0.15, 0.2) is 0 Å². The molecule has 1 aromatic rings. The number of carbonyl (C=O) groups is 1. The summed E-state index contributed by atoms with van der Waals surface area (Å²) in [6.07, 6.45) is 3.46. The summed E-state index contributed by atoms with van der Waals surface area (Å²) in [5, 5.41) is 6.35. The standard InChI is InChI=1S/C14H22N2O2/c1-10-8-15-9-13(10)14(17)16-11(2)5-6-12-4-3-7-18-12/h3-4,7,10-11,13,15H,5-6,8-9H2,1-2H3,(H,16,17)/t10-,11?,13-/m1/s1. The number of hydrogen-bond acceptors (Lipinski definition) is 3. The predicted molar refractivity (Wildman–Crippen MR) is 70.2 cm³/mol. The number of nitrogens with one attached hydrogen (secondary N) is 2. The third-order valence-electron chi connectivity index (χ3n) is 3.65. The molecule has 2 rings (SSSR count). The molecule has 2 N–H and O–H groups in total. The van der Waals surface area contributed by atoms with Crippen LogP contribution in [0.5, 0.6) is 0 Å². The van der Waals surface area contributed by atoms with Crippen molar-refractivity contribution in [1.29, 1.82) is 0 Å². The number of amides is 1. The van der Waals surface area contributed by atoms with Crippen molar-refractivity contribution in [2.45, 2.75) is 32.7 Å². The van der Waals surface area contributed by atoms with Crippen LogP contribution in [0.15, 0.2) is 22.8 Å². The van der Waals surface area contributed by atoms with Crippen molar-refractivity contribution in [2.24, 2.45) is 11.8 Å². The van der Waals surface area contributed by atoms with Crippen LogP contribution in [-0.4, -0.2) is 25.0 Å². The van der Waals surface area contributed by atoms with Gasteiger partial charge in [0.05, 0.1) is 12.2 Å². The lowest BCUT2D eigenvalue weighted by Crippen LogP contribution is -2.39. The molecule has 2 heterocycles. The van der Waals surface area contributed by atoms with Crippen LogP contribution in [0.2, 0.25) is 0 Å². The summed E-state index contributed by atoms with van der Waals surface area (Å²) >= 11 is 0. The third-order valence-corrected chi connectivity index (χ3v) is 3.65. The van der Waals surface area contributed by atoms with Gasteiger partial charge in [0.25, 0.3) is 0 Å². The van der Waals surface area contributed by atoms with Gasteiger partial charge in [-0.15, -0.1) is 0 Å². The van der Waals surface area contributed by atoms with Crippen molar-refractivity contribution < 1.29 is 9.21 Å². The Morgan fingerprint density at radius 1 is 1.61 bits per heavy atom. The van der Waals surface area contributed by atoms with Gasteiger partial charge in [-0.05, 0) is 37.9 Å². The minimum absolute atomic E-state index is 0.121. The maximum absolute atomic E-state index is 12.1. The molecule has 1 fully saturated rings. The minimum Gasteiger partial charge on any atom is -0.469 e. The molecule has 1 saturated heterocycles. The van der Waals surface area contributed by atoms with Gasteiger partial charge in [-0.2, -0.15) is 0 Å². The second kappa shape index (κ2) is 6.05. The summed E-state index contributed by atoms with van der Waals surface area (Å²) in [4.78, 5) is 12.1. The maximum atomic E-state index is 12.1. The van der Waals surface area contributed by atoms with Gasteiger partial charge < -0.3 is 15.1 Å². The van der Waals surface area contributed by atoms with Gasteiger partial charge in [-0.3, -0.25) is 4.79 Å². The van der Waals surface area contributed by atoms with Crippen molar-refractivity contribution in [3.05, 3.63) is 24.2 Å². The molecule has 18 heavy (non-hydrogen) atoms. The van der Waals surface area contributed by atoms with Crippen LogP contribution >= 0.6 is 0 Å². The number of hydrogen-bond donors (Lipinski definition) is 2. The van der Waals surface area contributed by atoms with E-state index in [2.05, 4.69) is 17.6 Å². The molecule has 1 aliphatic heterocycles. The van der Waals surface area contributed by atoms with Gasteiger partial charge in [0.1, 0.15) is 5.76 Å². The predicted octanol–water partition coefficient (Wildman–Crippen LogP) is 1.57. The molecule has 4 heteroatoms. The first-order chi connectivity index (χ1) is 8.66. The van der Waals surface area contributed by atoms with Crippen molar-refractivity contribution in [3.8, 4) is 0 Å². The van der Waals surface area contributed by atoms with E-state index in [9.17, 15) is 4.79 Å². The summed E-state index contributed by atoms with van der Waals surface area (Å²) < 4.78 is 5.28. The van der Waals surface area contributed by atoms with Crippen LogP contribution in [-0.2, 0) is 11.2 Å². The zero-order valence-electron chi connectivity index (χ0n) is 11.1. The molecule has 0 spiro atoms. The summed E-state index contributed by atoms with van der Waals surface area (Å²) in [5.41, 5.74) is 0. The molecule has 0 bridgehead atoms. The van der Waals surface area contributed by atoms with E-state index in [1.807, 2.05) is 19.1 Å². The molecule has 4 nitrogen and oxygen atoms in total. The van der Waals surface area contributed by atoms with Crippen LogP contribution in [0.1, 0.15) is 26.0 Å². The van der Waals surface area contributed by atoms with Gasteiger partial charge in [0.2, 0.25) is 5.91 Å². The largest absolute Gasteiger partial charge is 0.469 e. The Morgan fingerprint density at radius 3 is 3.06 bits per heavy atom. The molecular weight excluding hydrogens is 228 g/mol. The first kappa shape index (κ1) is 13.1. The zero-order chi connectivity index (χ0) is 13.0. The van der Waals surface area contributed by atoms with E-state index in [-0.39, 0.29) is 17.9 Å². The Morgan fingerprint density at radius 2 is 2.44 bits per heavy atom. The molecule has 0 saturated carbocycles. The van der Waals surface area contributed by atoms with E-state index in [1.165, 1.54) is 0 Å². The number of carbonyl (C=O) groups excluding carboxylic acids is 1. The van der Waals surface area contributed by atoms with E-state index < -0.39 is 0 Å². The Balaban J connectivity index is 1.73. The zero-order valence-corrected chi connectivity index (χ0v) is 11.1. The fourth-order valence-corrected chi connectivity index (χ4v) is 2.40. The monoisotopic (exact) mass is 250 g/mol. The average Bonchev–Trinajstić information content (AvgIpc) is 2.97. The van der Waals surface area contributed by atoms with Crippen molar-refractivity contribution in [2.75, 3.05) is 13.1 Å². The Hall–Kier alpha value is -1.29. The van der Waals surface area contributed by atoms with Gasteiger partial charge >= 0.3 is 0 Å². The fraction of sp³-hybridized carbons (Fsp3) is 0.643. The number of rotatable bonds is 5. The average molecular weight is 250 g/mol. The normalized spacial score (nSPS) is 25.0. The summed E-state index contributed by atoms with van der Waals surface area (Å²) in [7, 11) is 0. The highest BCUT2D eigenvalue weighted by atomic mass is 16.3. The molecule has 1 aliphatic rings. The molecule has 1 unspecified atom stereocenters. The van der Waals surface area contributed by atoms with E-state index in [4.69, 9.17) is 4.42 Å². The van der Waals surface area contributed by atoms with Crippen LogP contribution in [0.25, 0.3) is 0 Å². The summed E-state index contributed by atoms with van der Waals surface area (Å²) in [5.74, 6) is 1.71.